The van der Waals surface area contributed by atoms with Gasteiger partial charge in [-0.25, -0.2) is 9.59 Å². The Hall–Kier alpha value is -2.53. The second-order valence-electron chi connectivity index (χ2n) is 11.1. The molecule has 2 rings (SSSR count). The van der Waals surface area contributed by atoms with Gasteiger partial charge in [-0.3, -0.25) is 0 Å². The van der Waals surface area contributed by atoms with Gasteiger partial charge in [-0.15, -0.1) is 0 Å². The van der Waals surface area contributed by atoms with Crippen LogP contribution in [-0.2, 0) is 4.74 Å². The predicted molar refractivity (Wildman–Crippen MR) is 168 cm³/mol. The Kier molecular flexibility index (Phi) is 17.9. The summed E-state index contributed by atoms with van der Waals surface area (Å²) < 4.78 is 16.6. The van der Waals surface area contributed by atoms with Crippen molar-refractivity contribution in [2.24, 2.45) is 5.92 Å². The van der Waals surface area contributed by atoms with E-state index in [-0.39, 0.29) is 22.3 Å². The molecule has 0 aliphatic heterocycles. The molecule has 0 radical (unpaired) electrons. The van der Waals surface area contributed by atoms with Gasteiger partial charge in [-0.1, -0.05) is 122 Å². The molecule has 0 saturated carbocycles. The number of unbranched alkanes of at least 4 members (excludes halogenated alkanes) is 13. The zero-order chi connectivity index (χ0) is 29.7. The summed E-state index contributed by atoms with van der Waals surface area (Å²) >= 11 is 6.25. The highest BCUT2D eigenvalue weighted by molar-refractivity contribution is 6.33. The van der Waals surface area contributed by atoms with Crippen LogP contribution in [-0.4, -0.2) is 25.2 Å². The number of rotatable bonds is 22. The molecule has 0 spiro atoms. The van der Waals surface area contributed by atoms with Gasteiger partial charge < -0.3 is 14.2 Å². The van der Waals surface area contributed by atoms with Crippen LogP contribution in [0.1, 0.15) is 138 Å². The van der Waals surface area contributed by atoms with Crippen LogP contribution in [0.25, 0.3) is 0 Å². The van der Waals surface area contributed by atoms with Crippen molar-refractivity contribution in [3.8, 4) is 11.5 Å². The van der Waals surface area contributed by atoms with E-state index in [2.05, 4.69) is 6.92 Å². The van der Waals surface area contributed by atoms with E-state index in [1.807, 2.05) is 13.8 Å². The van der Waals surface area contributed by atoms with Gasteiger partial charge in [0.2, 0.25) is 0 Å². The molecule has 0 aromatic heterocycles. The number of halogens is 1. The van der Waals surface area contributed by atoms with E-state index in [0.717, 1.165) is 18.6 Å². The van der Waals surface area contributed by atoms with Crippen LogP contribution in [0, 0.1) is 5.92 Å². The third-order valence-electron chi connectivity index (χ3n) is 7.42. The standard InChI is InChI=1S/C35H51ClO5/c1-4-6-7-8-9-10-11-12-13-14-15-16-17-18-25-39-30-21-19-29(20-22-30)34(37)41-31-23-24-32(33(36)26-31)35(38)40-27-28(3)5-2/h19-24,26,28H,4-18,25,27H2,1-3H3. The van der Waals surface area contributed by atoms with Crippen molar-refractivity contribution in [2.75, 3.05) is 13.2 Å². The first kappa shape index (κ1) is 34.7. The Morgan fingerprint density at radius 2 is 1.24 bits per heavy atom. The van der Waals surface area contributed by atoms with Gasteiger partial charge in [0.05, 0.1) is 29.4 Å². The van der Waals surface area contributed by atoms with Crippen molar-refractivity contribution in [2.45, 2.75) is 117 Å². The molecule has 0 bridgehead atoms. The quantitative estimate of drug-likeness (QED) is 0.0780. The Balaban J connectivity index is 1.58. The highest BCUT2D eigenvalue weighted by atomic mass is 35.5. The molecule has 0 saturated heterocycles. The van der Waals surface area contributed by atoms with Crippen molar-refractivity contribution in [3.05, 3.63) is 58.6 Å². The minimum atomic E-state index is -0.508. The van der Waals surface area contributed by atoms with Crippen molar-refractivity contribution < 1.29 is 23.8 Å². The van der Waals surface area contributed by atoms with E-state index in [4.69, 9.17) is 25.8 Å². The first-order valence-electron chi connectivity index (χ1n) is 15.9. The summed E-state index contributed by atoms with van der Waals surface area (Å²) in [7, 11) is 0. The number of hydrogen-bond acceptors (Lipinski definition) is 5. The summed E-state index contributed by atoms with van der Waals surface area (Å²) in [5.74, 6) is 0.277. The summed E-state index contributed by atoms with van der Waals surface area (Å²) in [6.45, 7) is 7.33. The smallest absolute Gasteiger partial charge is 0.343 e. The Bertz CT molecular complexity index is 1000. The molecule has 0 fully saturated rings. The van der Waals surface area contributed by atoms with Crippen molar-refractivity contribution >= 4 is 23.5 Å². The predicted octanol–water partition coefficient (Wildman–Crippen LogP) is 10.6. The first-order chi connectivity index (χ1) is 19.9. The second-order valence-corrected chi connectivity index (χ2v) is 11.5. The molecule has 5 nitrogen and oxygen atoms in total. The summed E-state index contributed by atoms with van der Waals surface area (Å²) in [4.78, 5) is 24.8. The molecule has 228 valence electrons. The Morgan fingerprint density at radius 3 is 1.78 bits per heavy atom. The lowest BCUT2D eigenvalue weighted by Gasteiger charge is -2.11. The molecule has 1 unspecified atom stereocenters. The zero-order valence-electron chi connectivity index (χ0n) is 25.6. The van der Waals surface area contributed by atoms with Crippen LogP contribution < -0.4 is 9.47 Å². The van der Waals surface area contributed by atoms with Gasteiger partial charge in [-0.2, -0.15) is 0 Å². The minimum absolute atomic E-state index is 0.177. The maximum absolute atomic E-state index is 12.6. The molecule has 0 aliphatic carbocycles. The Morgan fingerprint density at radius 1 is 0.707 bits per heavy atom. The molecule has 0 amide bonds. The molecule has 6 heteroatoms. The van der Waals surface area contributed by atoms with Crippen LogP contribution >= 0.6 is 11.6 Å². The lowest BCUT2D eigenvalue weighted by atomic mass is 10.0. The summed E-state index contributed by atoms with van der Waals surface area (Å²) in [5, 5.41) is 0.177. The van der Waals surface area contributed by atoms with Crippen LogP contribution in [0.5, 0.6) is 11.5 Å². The fourth-order valence-electron chi connectivity index (χ4n) is 4.48. The van der Waals surface area contributed by atoms with Gasteiger partial charge >= 0.3 is 11.9 Å². The maximum Gasteiger partial charge on any atom is 0.343 e. The molecule has 1 atom stereocenters. The van der Waals surface area contributed by atoms with E-state index in [0.29, 0.717) is 18.8 Å². The lowest BCUT2D eigenvalue weighted by Crippen LogP contribution is -2.12. The number of hydrogen-bond donors (Lipinski definition) is 0. The van der Waals surface area contributed by atoms with Crippen molar-refractivity contribution in [1.82, 2.24) is 0 Å². The fraction of sp³-hybridized carbons (Fsp3) is 0.600. The van der Waals surface area contributed by atoms with Crippen LogP contribution in [0.3, 0.4) is 0 Å². The van der Waals surface area contributed by atoms with E-state index in [9.17, 15) is 9.59 Å². The van der Waals surface area contributed by atoms with Crippen molar-refractivity contribution in [1.29, 1.82) is 0 Å². The maximum atomic E-state index is 12.6. The molecule has 2 aromatic rings. The topological polar surface area (TPSA) is 61.8 Å². The number of carbonyl (C=O) groups excluding carboxylic acids is 2. The monoisotopic (exact) mass is 586 g/mol. The fourth-order valence-corrected chi connectivity index (χ4v) is 4.73. The number of benzene rings is 2. The lowest BCUT2D eigenvalue weighted by molar-refractivity contribution is 0.0447. The average molecular weight is 587 g/mol. The van der Waals surface area contributed by atoms with Gasteiger partial charge in [0.15, 0.2) is 0 Å². The van der Waals surface area contributed by atoms with E-state index in [1.54, 1.807) is 24.3 Å². The zero-order valence-corrected chi connectivity index (χ0v) is 26.3. The highest BCUT2D eigenvalue weighted by Crippen LogP contribution is 2.25. The van der Waals surface area contributed by atoms with E-state index >= 15 is 0 Å². The molecule has 0 aliphatic rings. The van der Waals surface area contributed by atoms with Crippen LogP contribution in [0.15, 0.2) is 42.5 Å². The number of carbonyl (C=O) groups is 2. The minimum Gasteiger partial charge on any atom is -0.494 e. The summed E-state index contributed by atoms with van der Waals surface area (Å²) in [5.41, 5.74) is 0.650. The largest absolute Gasteiger partial charge is 0.494 e. The van der Waals surface area contributed by atoms with Crippen LogP contribution in [0.4, 0.5) is 0 Å². The summed E-state index contributed by atoms with van der Waals surface area (Å²) in [6, 6.07) is 11.4. The first-order valence-corrected chi connectivity index (χ1v) is 16.2. The Labute approximate surface area is 253 Å². The molecule has 0 N–H and O–H groups in total. The normalized spacial score (nSPS) is 11.7. The van der Waals surface area contributed by atoms with E-state index < -0.39 is 11.9 Å². The third kappa shape index (κ3) is 14.8. The molecule has 41 heavy (non-hydrogen) atoms. The number of ether oxygens (including phenoxy) is 3. The van der Waals surface area contributed by atoms with Crippen molar-refractivity contribution in [3.63, 3.8) is 0 Å². The highest BCUT2D eigenvalue weighted by Gasteiger charge is 2.16. The van der Waals surface area contributed by atoms with Gasteiger partial charge in [-0.05, 0) is 48.7 Å². The van der Waals surface area contributed by atoms with E-state index in [1.165, 1.54) is 102 Å². The SMILES string of the molecule is CCCCCCCCCCCCCCCCOc1ccc(C(=O)Oc2ccc(C(=O)OCC(C)CC)c(Cl)c2)cc1. The average Bonchev–Trinajstić information content (AvgIpc) is 2.98. The molecular formula is C35H51ClO5. The second kappa shape index (κ2) is 21.2. The van der Waals surface area contributed by atoms with Gasteiger partial charge in [0.25, 0.3) is 0 Å². The molecule has 2 aromatic carbocycles. The molecule has 0 heterocycles. The van der Waals surface area contributed by atoms with Gasteiger partial charge in [0, 0.05) is 6.07 Å². The molecular weight excluding hydrogens is 536 g/mol. The summed E-state index contributed by atoms with van der Waals surface area (Å²) in [6.07, 6.45) is 19.6. The number of esters is 2. The third-order valence-corrected chi connectivity index (χ3v) is 7.74. The van der Waals surface area contributed by atoms with Crippen LogP contribution in [0.2, 0.25) is 5.02 Å². The van der Waals surface area contributed by atoms with Gasteiger partial charge in [0.1, 0.15) is 11.5 Å².